The lowest BCUT2D eigenvalue weighted by Crippen LogP contribution is -2.12. The van der Waals surface area contributed by atoms with Crippen LogP contribution in [0.15, 0.2) is 46.2 Å². The number of aromatic carboxylic acids is 1. The molecule has 1 aromatic heterocycles. The van der Waals surface area contributed by atoms with Crippen LogP contribution >= 0.6 is 15.9 Å². The lowest BCUT2D eigenvalue weighted by atomic mass is 10.2. The van der Waals surface area contributed by atoms with Gasteiger partial charge in [-0.25, -0.2) is 23.2 Å². The lowest BCUT2D eigenvalue weighted by Gasteiger charge is -2.07. The highest BCUT2D eigenvalue weighted by Crippen LogP contribution is 2.24. The summed E-state index contributed by atoms with van der Waals surface area (Å²) >= 11 is 3.16. The van der Waals surface area contributed by atoms with E-state index in [0.29, 0.717) is 4.47 Å². The number of aromatic nitrogens is 2. The first kappa shape index (κ1) is 14.6. The van der Waals surface area contributed by atoms with Gasteiger partial charge in [-0.1, -0.05) is 12.1 Å². The molecule has 0 atom stereocenters. The van der Waals surface area contributed by atoms with E-state index in [4.69, 9.17) is 5.11 Å². The van der Waals surface area contributed by atoms with Crippen LogP contribution in [-0.4, -0.2) is 29.5 Å². The van der Waals surface area contributed by atoms with Crippen molar-refractivity contribution in [3.63, 3.8) is 0 Å². The summed E-state index contributed by atoms with van der Waals surface area (Å²) in [5, 5.41) is 9.00. The summed E-state index contributed by atoms with van der Waals surface area (Å²) in [6, 6.07) is 6.33. The number of rotatable bonds is 4. The highest BCUT2D eigenvalue weighted by Gasteiger charge is 2.22. The van der Waals surface area contributed by atoms with Gasteiger partial charge in [0.2, 0.25) is 0 Å². The molecule has 0 unspecified atom stereocenters. The van der Waals surface area contributed by atoms with Crippen LogP contribution in [0.5, 0.6) is 0 Å². The fourth-order valence-corrected chi connectivity index (χ4v) is 4.02. The SMILES string of the molecule is O=C(O)c1cncnc1CS(=O)(=O)c1ccccc1Br. The van der Waals surface area contributed by atoms with E-state index in [-0.39, 0.29) is 16.2 Å². The first-order valence-electron chi connectivity index (χ1n) is 5.41. The maximum absolute atomic E-state index is 12.3. The van der Waals surface area contributed by atoms with Crippen LogP contribution in [0.1, 0.15) is 16.1 Å². The third-order valence-corrected chi connectivity index (χ3v) is 5.16. The van der Waals surface area contributed by atoms with Crippen molar-refractivity contribution in [2.24, 2.45) is 0 Å². The van der Waals surface area contributed by atoms with E-state index in [1.165, 1.54) is 6.07 Å². The van der Waals surface area contributed by atoms with E-state index in [0.717, 1.165) is 12.5 Å². The smallest absolute Gasteiger partial charge is 0.339 e. The van der Waals surface area contributed by atoms with Crippen molar-refractivity contribution in [3.05, 3.63) is 52.5 Å². The van der Waals surface area contributed by atoms with E-state index < -0.39 is 21.6 Å². The number of benzene rings is 1. The summed E-state index contributed by atoms with van der Waals surface area (Å²) in [6.45, 7) is 0. The van der Waals surface area contributed by atoms with Crippen LogP contribution in [0, 0.1) is 0 Å². The number of halogens is 1. The van der Waals surface area contributed by atoms with Crippen molar-refractivity contribution in [1.82, 2.24) is 9.97 Å². The van der Waals surface area contributed by atoms with Gasteiger partial charge in [-0.2, -0.15) is 0 Å². The monoisotopic (exact) mass is 356 g/mol. The van der Waals surface area contributed by atoms with Gasteiger partial charge in [0.05, 0.1) is 16.3 Å². The average molecular weight is 357 g/mol. The molecule has 0 bridgehead atoms. The molecule has 0 saturated heterocycles. The standard InChI is InChI=1S/C12H9BrN2O4S/c13-9-3-1-2-4-11(9)20(18,19)6-10-8(12(16)17)5-14-7-15-10/h1-5,7H,6H2,(H,16,17). The number of carbonyl (C=O) groups is 1. The highest BCUT2D eigenvalue weighted by atomic mass is 79.9. The number of carboxylic acids is 1. The molecule has 1 aromatic carbocycles. The van der Waals surface area contributed by atoms with E-state index in [1.807, 2.05) is 0 Å². The van der Waals surface area contributed by atoms with Gasteiger partial charge in [-0.05, 0) is 28.1 Å². The van der Waals surface area contributed by atoms with Gasteiger partial charge in [0.1, 0.15) is 11.9 Å². The van der Waals surface area contributed by atoms with Crippen molar-refractivity contribution in [3.8, 4) is 0 Å². The Morgan fingerprint density at radius 3 is 2.65 bits per heavy atom. The molecular formula is C12H9BrN2O4S. The number of carboxylic acid groups (broad SMARTS) is 1. The van der Waals surface area contributed by atoms with E-state index in [1.54, 1.807) is 18.2 Å². The number of hydrogen-bond donors (Lipinski definition) is 1. The summed E-state index contributed by atoms with van der Waals surface area (Å²) in [5.41, 5.74) is -0.258. The summed E-state index contributed by atoms with van der Waals surface area (Å²) < 4.78 is 25.0. The Balaban J connectivity index is 2.45. The van der Waals surface area contributed by atoms with Crippen LogP contribution < -0.4 is 0 Å². The zero-order chi connectivity index (χ0) is 14.8. The zero-order valence-electron chi connectivity index (χ0n) is 10.0. The number of sulfone groups is 1. The Morgan fingerprint density at radius 1 is 1.30 bits per heavy atom. The molecule has 0 aliphatic rings. The quantitative estimate of drug-likeness (QED) is 0.898. The fourth-order valence-electron chi connectivity index (χ4n) is 1.60. The minimum Gasteiger partial charge on any atom is -0.478 e. The minimum absolute atomic E-state index is 0.0387. The predicted octanol–water partition coefficient (Wildman–Crippen LogP) is 1.91. The summed E-state index contributed by atoms with van der Waals surface area (Å²) in [4.78, 5) is 18.5. The molecule has 0 saturated carbocycles. The molecule has 8 heteroatoms. The van der Waals surface area contributed by atoms with Gasteiger partial charge >= 0.3 is 5.97 Å². The lowest BCUT2D eigenvalue weighted by molar-refractivity contribution is 0.0695. The van der Waals surface area contributed by atoms with Crippen molar-refractivity contribution >= 4 is 31.7 Å². The molecule has 2 aromatic rings. The minimum atomic E-state index is -3.70. The van der Waals surface area contributed by atoms with Crippen molar-refractivity contribution in [2.75, 3.05) is 0 Å². The molecule has 0 spiro atoms. The molecule has 0 fully saturated rings. The topological polar surface area (TPSA) is 97.2 Å². The second kappa shape index (κ2) is 5.68. The van der Waals surface area contributed by atoms with Crippen molar-refractivity contribution in [1.29, 1.82) is 0 Å². The van der Waals surface area contributed by atoms with E-state index >= 15 is 0 Å². The molecule has 104 valence electrons. The molecule has 20 heavy (non-hydrogen) atoms. The Morgan fingerprint density at radius 2 is 2.00 bits per heavy atom. The summed E-state index contributed by atoms with van der Waals surface area (Å²) in [5.74, 6) is -1.76. The Kier molecular flexibility index (Phi) is 4.15. The predicted molar refractivity (Wildman–Crippen MR) is 74.0 cm³/mol. The first-order valence-corrected chi connectivity index (χ1v) is 7.86. The summed E-state index contributed by atoms with van der Waals surface area (Å²) in [7, 11) is -3.70. The molecule has 0 amide bonds. The molecule has 1 heterocycles. The number of nitrogens with zero attached hydrogens (tertiary/aromatic N) is 2. The highest BCUT2D eigenvalue weighted by molar-refractivity contribution is 9.10. The van der Waals surface area contributed by atoms with Crippen LogP contribution in [0.25, 0.3) is 0 Å². The molecular weight excluding hydrogens is 348 g/mol. The van der Waals surface area contributed by atoms with Gasteiger partial charge in [-0.3, -0.25) is 0 Å². The molecule has 2 rings (SSSR count). The number of hydrogen-bond acceptors (Lipinski definition) is 5. The normalized spacial score (nSPS) is 11.2. The van der Waals surface area contributed by atoms with Gasteiger partial charge in [0.25, 0.3) is 0 Å². The molecule has 1 N–H and O–H groups in total. The van der Waals surface area contributed by atoms with Crippen LogP contribution in [0.3, 0.4) is 0 Å². The van der Waals surface area contributed by atoms with Gasteiger partial charge in [0.15, 0.2) is 9.84 Å². The van der Waals surface area contributed by atoms with E-state index in [9.17, 15) is 13.2 Å². The van der Waals surface area contributed by atoms with Gasteiger partial charge < -0.3 is 5.11 Å². The molecule has 0 aliphatic heterocycles. The second-order valence-electron chi connectivity index (χ2n) is 3.88. The van der Waals surface area contributed by atoms with Crippen LogP contribution in [-0.2, 0) is 15.6 Å². The maximum Gasteiger partial charge on any atom is 0.339 e. The van der Waals surface area contributed by atoms with Gasteiger partial charge in [0, 0.05) is 10.7 Å². The Labute approximate surface area is 123 Å². The van der Waals surface area contributed by atoms with E-state index in [2.05, 4.69) is 25.9 Å². The average Bonchev–Trinajstić information content (AvgIpc) is 2.39. The Hall–Kier alpha value is -1.80. The fraction of sp³-hybridized carbons (Fsp3) is 0.0833. The first-order chi connectivity index (χ1) is 9.42. The molecule has 6 nitrogen and oxygen atoms in total. The molecule has 0 radical (unpaired) electrons. The largest absolute Gasteiger partial charge is 0.478 e. The second-order valence-corrected chi connectivity index (χ2v) is 6.69. The molecule has 0 aliphatic carbocycles. The summed E-state index contributed by atoms with van der Waals surface area (Å²) in [6.07, 6.45) is 2.21. The Bertz CT molecular complexity index is 762. The van der Waals surface area contributed by atoms with Gasteiger partial charge in [-0.15, -0.1) is 0 Å². The third kappa shape index (κ3) is 3.02. The van der Waals surface area contributed by atoms with Crippen molar-refractivity contribution in [2.45, 2.75) is 10.6 Å². The van der Waals surface area contributed by atoms with Crippen LogP contribution in [0.2, 0.25) is 0 Å². The van der Waals surface area contributed by atoms with Crippen LogP contribution in [0.4, 0.5) is 0 Å². The maximum atomic E-state index is 12.3. The zero-order valence-corrected chi connectivity index (χ0v) is 12.4. The third-order valence-electron chi connectivity index (χ3n) is 2.52. The van der Waals surface area contributed by atoms with Crippen molar-refractivity contribution < 1.29 is 18.3 Å².